The van der Waals surface area contributed by atoms with Gasteiger partial charge in [-0.15, -0.1) is 0 Å². The molecule has 0 aliphatic heterocycles. The highest BCUT2D eigenvalue weighted by atomic mass is 16.4. The number of nitrogens with one attached hydrogen (secondary N) is 2. The zero-order valence-electron chi connectivity index (χ0n) is 31.6. The van der Waals surface area contributed by atoms with E-state index in [1.165, 1.54) is 180 Å². The number of allylic oxidation sites excluding steroid dienone is 2. The van der Waals surface area contributed by atoms with E-state index in [0.29, 0.717) is 6.54 Å². The number of carboxylic acids is 1. The van der Waals surface area contributed by atoms with Gasteiger partial charge in [-0.1, -0.05) is 180 Å². The molecular formula is C41H80N4O3. The Morgan fingerprint density at radius 1 is 0.604 bits per heavy atom. The lowest BCUT2D eigenvalue weighted by Gasteiger charge is -2.23. The number of carbonyl (C=O) groups is 2. The van der Waals surface area contributed by atoms with Crippen LogP contribution in [0.1, 0.15) is 212 Å². The summed E-state index contributed by atoms with van der Waals surface area (Å²) in [6.07, 6.45) is 45.5. The first-order valence-electron chi connectivity index (χ1n) is 20.6. The molecule has 282 valence electrons. The average molecular weight is 677 g/mol. The predicted octanol–water partition coefficient (Wildman–Crippen LogP) is 10.9. The fourth-order valence-electron chi connectivity index (χ4n) is 6.38. The number of hydrogen-bond acceptors (Lipinski definition) is 5. The van der Waals surface area contributed by atoms with Crippen molar-refractivity contribution in [3.8, 4) is 0 Å². The van der Waals surface area contributed by atoms with Gasteiger partial charge in [-0.2, -0.15) is 0 Å². The summed E-state index contributed by atoms with van der Waals surface area (Å²) in [5.74, 6) is -2.11. The molecule has 7 N–H and O–H groups in total. The molecule has 0 aromatic rings. The third kappa shape index (κ3) is 30.3. The van der Waals surface area contributed by atoms with E-state index in [1.54, 1.807) is 0 Å². The van der Waals surface area contributed by atoms with Crippen molar-refractivity contribution in [2.75, 3.05) is 13.1 Å². The lowest BCUT2D eigenvalue weighted by Crippen LogP contribution is -2.57. The van der Waals surface area contributed by atoms with Crippen LogP contribution in [-0.2, 0) is 9.59 Å². The van der Waals surface area contributed by atoms with Gasteiger partial charge in [-0.05, 0) is 45.1 Å². The van der Waals surface area contributed by atoms with Gasteiger partial charge in [0.25, 0.3) is 0 Å². The van der Waals surface area contributed by atoms with E-state index in [-0.39, 0.29) is 25.2 Å². The zero-order chi connectivity index (χ0) is 35.4. The number of amidine groups is 1. The Morgan fingerprint density at radius 2 is 0.938 bits per heavy atom. The summed E-state index contributed by atoms with van der Waals surface area (Å²) < 4.78 is 0. The van der Waals surface area contributed by atoms with Gasteiger partial charge in [0, 0.05) is 6.42 Å². The molecular weight excluding hydrogens is 596 g/mol. The van der Waals surface area contributed by atoms with Crippen molar-refractivity contribution in [2.45, 2.75) is 218 Å². The van der Waals surface area contributed by atoms with Crippen molar-refractivity contribution >= 4 is 17.6 Å². The number of ketones is 1. The van der Waals surface area contributed by atoms with Gasteiger partial charge in [-0.25, -0.2) is 4.79 Å². The Kier molecular flexibility index (Phi) is 33.8. The highest BCUT2D eigenvalue weighted by Gasteiger charge is 2.41. The van der Waals surface area contributed by atoms with E-state index in [4.69, 9.17) is 16.9 Å². The topological polar surface area (TPSA) is 142 Å². The largest absolute Gasteiger partial charge is 0.480 e. The molecule has 1 atom stereocenters. The number of nitrogens with two attached hydrogens (primary N) is 2. The first-order valence-corrected chi connectivity index (χ1v) is 20.6. The average Bonchev–Trinajstić information content (AvgIpc) is 3.07. The maximum Gasteiger partial charge on any atom is 0.331 e. The van der Waals surface area contributed by atoms with E-state index in [9.17, 15) is 14.7 Å². The second-order valence-corrected chi connectivity index (χ2v) is 14.5. The molecule has 0 heterocycles. The molecule has 7 nitrogen and oxygen atoms in total. The monoisotopic (exact) mass is 677 g/mol. The van der Waals surface area contributed by atoms with Gasteiger partial charge in [0.1, 0.15) is 0 Å². The third-order valence-corrected chi connectivity index (χ3v) is 9.82. The van der Waals surface area contributed by atoms with E-state index >= 15 is 0 Å². The van der Waals surface area contributed by atoms with E-state index in [0.717, 1.165) is 12.8 Å². The van der Waals surface area contributed by atoms with Crippen LogP contribution >= 0.6 is 0 Å². The maximum absolute atomic E-state index is 12.3. The second-order valence-electron chi connectivity index (χ2n) is 14.5. The van der Waals surface area contributed by atoms with Crippen LogP contribution in [-0.4, -0.2) is 41.3 Å². The van der Waals surface area contributed by atoms with Crippen LogP contribution in [0.3, 0.4) is 0 Å². The van der Waals surface area contributed by atoms with E-state index < -0.39 is 17.3 Å². The minimum Gasteiger partial charge on any atom is -0.480 e. The number of unbranched alkanes of at least 4 members (excludes halogenated alkanes) is 28. The lowest BCUT2D eigenvalue weighted by atomic mass is 9.89. The van der Waals surface area contributed by atoms with Crippen LogP contribution in [0.4, 0.5) is 0 Å². The molecule has 7 heteroatoms. The van der Waals surface area contributed by atoms with Gasteiger partial charge in [0.2, 0.25) is 0 Å². The molecule has 0 aliphatic rings. The number of hydrogen-bond donors (Lipinski definition) is 5. The summed E-state index contributed by atoms with van der Waals surface area (Å²) >= 11 is 0. The zero-order valence-corrected chi connectivity index (χ0v) is 31.6. The standard InChI is InChI=1S/C41H80N4O3/c1-2-3-4-5-6-7-8-9-10-11-12-13-14-15-16-17-18-19-20-21-22-23-24-25-26-27-28-29-30-31-32-33-36-45-37-38(46)41(44,40(47)48)35-34-39(42)43/h25-26,45H,2-24,27-37,44H2,1H3,(H3,42,43)(H,47,48)/b26-25-. The molecule has 0 bridgehead atoms. The van der Waals surface area contributed by atoms with Gasteiger partial charge in [0.15, 0.2) is 11.3 Å². The molecule has 1 unspecified atom stereocenters. The number of rotatable bonds is 39. The van der Waals surface area contributed by atoms with E-state index in [2.05, 4.69) is 24.4 Å². The van der Waals surface area contributed by atoms with Crippen LogP contribution in [0, 0.1) is 5.41 Å². The van der Waals surface area contributed by atoms with Crippen molar-refractivity contribution in [3.63, 3.8) is 0 Å². The first kappa shape index (κ1) is 46.3. The van der Waals surface area contributed by atoms with Crippen LogP contribution in [0.15, 0.2) is 12.2 Å². The minimum absolute atomic E-state index is 0.00990. The molecule has 0 aromatic heterocycles. The molecule has 0 saturated carbocycles. The normalized spacial score (nSPS) is 12.9. The van der Waals surface area contributed by atoms with Crippen LogP contribution in [0.2, 0.25) is 0 Å². The van der Waals surface area contributed by atoms with Gasteiger partial charge in [-0.3, -0.25) is 10.2 Å². The lowest BCUT2D eigenvalue weighted by molar-refractivity contribution is -0.148. The number of aliphatic carboxylic acids is 1. The maximum atomic E-state index is 12.3. The number of Topliss-reactive ketones (excluding diaryl/α,β-unsaturated/α-hetero) is 1. The summed E-state index contributed by atoms with van der Waals surface area (Å²) in [5, 5.41) is 19.6. The molecule has 48 heavy (non-hydrogen) atoms. The van der Waals surface area contributed by atoms with Crippen molar-refractivity contribution in [3.05, 3.63) is 12.2 Å². The molecule has 0 radical (unpaired) electrons. The molecule has 0 aromatic carbocycles. The summed E-state index contributed by atoms with van der Waals surface area (Å²) in [7, 11) is 0. The fraction of sp³-hybridized carbons (Fsp3) is 0.878. The quantitative estimate of drug-likeness (QED) is 0.0144. The predicted molar refractivity (Wildman–Crippen MR) is 207 cm³/mol. The Balaban J connectivity index is 3.33. The number of carboxylic acid groups (broad SMARTS) is 1. The molecule has 0 fully saturated rings. The van der Waals surface area contributed by atoms with Crippen LogP contribution in [0.5, 0.6) is 0 Å². The molecule has 0 spiro atoms. The fourth-order valence-corrected chi connectivity index (χ4v) is 6.38. The van der Waals surface area contributed by atoms with Gasteiger partial charge in [0.05, 0.1) is 12.4 Å². The molecule has 0 saturated heterocycles. The van der Waals surface area contributed by atoms with Crippen molar-refractivity contribution in [1.82, 2.24) is 5.32 Å². The summed E-state index contributed by atoms with van der Waals surface area (Å²) in [6, 6.07) is 0. The Morgan fingerprint density at radius 3 is 1.27 bits per heavy atom. The molecule has 0 aliphatic carbocycles. The van der Waals surface area contributed by atoms with Gasteiger partial charge < -0.3 is 21.9 Å². The smallest absolute Gasteiger partial charge is 0.331 e. The first-order chi connectivity index (χ1) is 23.3. The van der Waals surface area contributed by atoms with Gasteiger partial charge >= 0.3 is 5.97 Å². The van der Waals surface area contributed by atoms with E-state index in [1.807, 2.05) is 0 Å². The highest BCUT2D eigenvalue weighted by Crippen LogP contribution is 2.16. The molecule has 0 rings (SSSR count). The second kappa shape index (κ2) is 35.1. The Labute approximate surface area is 297 Å². The number of carbonyl (C=O) groups excluding carboxylic acids is 1. The highest BCUT2D eigenvalue weighted by molar-refractivity contribution is 6.08. The third-order valence-electron chi connectivity index (χ3n) is 9.82. The van der Waals surface area contributed by atoms with Crippen molar-refractivity contribution < 1.29 is 14.7 Å². The minimum atomic E-state index is -1.99. The van der Waals surface area contributed by atoms with Crippen molar-refractivity contribution in [1.29, 1.82) is 5.41 Å². The SMILES string of the molecule is CCCCCCCCCCCCCCCCCCCCCCCC/C=C\CCCCCCCCNCC(=O)C(N)(CCC(=N)N)C(=O)O. The van der Waals surface area contributed by atoms with Crippen molar-refractivity contribution in [2.24, 2.45) is 11.5 Å². The Bertz CT molecular complexity index is 788. The summed E-state index contributed by atoms with van der Waals surface area (Å²) in [4.78, 5) is 23.8. The summed E-state index contributed by atoms with van der Waals surface area (Å²) in [6.45, 7) is 2.88. The van der Waals surface area contributed by atoms with Crippen LogP contribution in [0.25, 0.3) is 0 Å². The summed E-state index contributed by atoms with van der Waals surface area (Å²) in [5.41, 5.74) is 9.11. The molecule has 0 amide bonds. The Hall–Kier alpha value is -1.73. The van der Waals surface area contributed by atoms with Crippen LogP contribution < -0.4 is 16.8 Å².